The number of aliphatic hydroxyl groups is 1. The van der Waals surface area contributed by atoms with Gasteiger partial charge in [0.1, 0.15) is 11.9 Å². The number of nitrogens with one attached hydrogen (secondary N) is 3. The number of aliphatic hydroxyl groups excluding tert-OH is 1. The van der Waals surface area contributed by atoms with Crippen LogP contribution in [0.25, 0.3) is 0 Å². The molecule has 5 amide bonds. The number of carbonyl (C=O) groups excluding carboxylic acids is 3. The molecule has 0 bridgehead atoms. The number of fused-ring (bicyclic) bond motifs is 1. The van der Waals surface area contributed by atoms with E-state index in [4.69, 9.17) is 4.74 Å². The summed E-state index contributed by atoms with van der Waals surface area (Å²) in [7, 11) is 1.71. The lowest BCUT2D eigenvalue weighted by Crippen LogP contribution is -2.51. The molecule has 10 heteroatoms. The van der Waals surface area contributed by atoms with Gasteiger partial charge in [-0.15, -0.1) is 0 Å². The van der Waals surface area contributed by atoms with Gasteiger partial charge in [0.15, 0.2) is 0 Å². The van der Waals surface area contributed by atoms with Crippen molar-refractivity contribution in [3.05, 3.63) is 23.8 Å². The van der Waals surface area contributed by atoms with Crippen LogP contribution in [0.1, 0.15) is 70.2 Å². The molecule has 0 unspecified atom stereocenters. The summed E-state index contributed by atoms with van der Waals surface area (Å²) >= 11 is 0. The molecule has 3 atom stereocenters. The first kappa shape index (κ1) is 28.6. The van der Waals surface area contributed by atoms with E-state index in [0.29, 0.717) is 30.1 Å². The Labute approximate surface area is 220 Å². The predicted molar refractivity (Wildman–Crippen MR) is 143 cm³/mol. The number of urea groups is 2. The maximum absolute atomic E-state index is 13.6. The quantitative estimate of drug-likeness (QED) is 0.441. The molecule has 1 heterocycles. The average molecular weight is 518 g/mol. The van der Waals surface area contributed by atoms with Crippen molar-refractivity contribution in [2.75, 3.05) is 32.1 Å². The van der Waals surface area contributed by atoms with E-state index in [1.165, 1.54) is 6.42 Å². The molecule has 0 spiro atoms. The largest absolute Gasteiger partial charge is 0.487 e. The van der Waals surface area contributed by atoms with E-state index in [-0.39, 0.29) is 42.6 Å². The molecule has 37 heavy (non-hydrogen) atoms. The molecule has 3 rings (SSSR count). The molecule has 0 saturated heterocycles. The van der Waals surface area contributed by atoms with Crippen LogP contribution in [-0.2, 0) is 0 Å². The second-order valence-electron chi connectivity index (χ2n) is 10.8. The summed E-state index contributed by atoms with van der Waals surface area (Å²) in [4.78, 5) is 41.9. The molecule has 1 aromatic carbocycles. The minimum Gasteiger partial charge on any atom is -0.487 e. The summed E-state index contributed by atoms with van der Waals surface area (Å²) in [5.74, 6) is -0.00355. The Balaban J connectivity index is 1.83. The van der Waals surface area contributed by atoms with Gasteiger partial charge in [0, 0.05) is 37.3 Å². The van der Waals surface area contributed by atoms with Crippen LogP contribution in [0.2, 0.25) is 0 Å². The predicted octanol–water partition coefficient (Wildman–Crippen LogP) is 3.41. The number of rotatable bonds is 7. The van der Waals surface area contributed by atoms with Gasteiger partial charge in [0.05, 0.1) is 24.8 Å². The van der Waals surface area contributed by atoms with E-state index in [9.17, 15) is 19.5 Å². The highest BCUT2D eigenvalue weighted by molar-refractivity contribution is 5.99. The summed E-state index contributed by atoms with van der Waals surface area (Å²) in [6, 6.07) is 4.29. The lowest BCUT2D eigenvalue weighted by molar-refractivity contribution is 0.0366. The summed E-state index contributed by atoms with van der Waals surface area (Å²) in [5.41, 5.74) is 0.793. The van der Waals surface area contributed by atoms with Gasteiger partial charge < -0.3 is 35.6 Å². The van der Waals surface area contributed by atoms with Gasteiger partial charge in [-0.2, -0.15) is 0 Å². The van der Waals surface area contributed by atoms with Crippen LogP contribution in [0.4, 0.5) is 15.3 Å². The summed E-state index contributed by atoms with van der Waals surface area (Å²) in [5, 5.41) is 18.6. The number of benzene rings is 1. The molecule has 0 radical (unpaired) electrons. The minimum atomic E-state index is -0.408. The number of amides is 5. The molecular formula is C27H43N5O5. The highest BCUT2D eigenvalue weighted by Gasteiger charge is 2.34. The number of nitrogens with zero attached hydrogens (tertiary/aromatic N) is 2. The fourth-order valence-electron chi connectivity index (χ4n) is 4.83. The number of carbonyl (C=O) groups is 3. The summed E-state index contributed by atoms with van der Waals surface area (Å²) < 4.78 is 6.33. The van der Waals surface area contributed by atoms with Crippen LogP contribution in [0, 0.1) is 5.92 Å². The van der Waals surface area contributed by atoms with Crippen molar-refractivity contribution in [1.29, 1.82) is 0 Å². The van der Waals surface area contributed by atoms with E-state index in [1.54, 1.807) is 42.0 Å². The lowest BCUT2D eigenvalue weighted by atomic mass is 9.96. The Morgan fingerprint density at radius 2 is 1.89 bits per heavy atom. The zero-order valence-corrected chi connectivity index (χ0v) is 22.8. The van der Waals surface area contributed by atoms with Gasteiger partial charge in [-0.3, -0.25) is 4.79 Å². The van der Waals surface area contributed by atoms with Crippen molar-refractivity contribution in [3.63, 3.8) is 0 Å². The Morgan fingerprint density at radius 1 is 1.19 bits per heavy atom. The Morgan fingerprint density at radius 3 is 2.54 bits per heavy atom. The Kier molecular flexibility index (Phi) is 10.0. The van der Waals surface area contributed by atoms with Crippen molar-refractivity contribution in [1.82, 2.24) is 20.4 Å². The second-order valence-corrected chi connectivity index (χ2v) is 10.8. The van der Waals surface area contributed by atoms with Crippen molar-refractivity contribution in [2.45, 2.75) is 84.0 Å². The van der Waals surface area contributed by atoms with Crippen LogP contribution in [0.3, 0.4) is 0 Å². The van der Waals surface area contributed by atoms with E-state index in [2.05, 4.69) is 16.0 Å². The highest BCUT2D eigenvalue weighted by Crippen LogP contribution is 2.31. The molecule has 0 aromatic heterocycles. The smallest absolute Gasteiger partial charge is 0.319 e. The SMILES string of the molecule is CC(C)NC(=O)N(C)C[C@@H]1Oc2ccc(NC(=O)NC3CCCCC3)cc2C(=O)N([C@H](C)CO)C[C@@H]1C. The fourth-order valence-corrected chi connectivity index (χ4v) is 4.83. The fraction of sp³-hybridized carbons (Fsp3) is 0.667. The zero-order valence-electron chi connectivity index (χ0n) is 22.8. The molecule has 1 aliphatic carbocycles. The van der Waals surface area contributed by atoms with Crippen LogP contribution in [-0.4, -0.2) is 83.8 Å². The first-order chi connectivity index (χ1) is 17.6. The maximum atomic E-state index is 13.6. The Hall–Kier alpha value is -3.01. The third kappa shape index (κ3) is 7.74. The average Bonchev–Trinajstić information content (AvgIpc) is 2.86. The van der Waals surface area contributed by atoms with Gasteiger partial charge >= 0.3 is 12.1 Å². The van der Waals surface area contributed by atoms with Gasteiger partial charge in [0.25, 0.3) is 5.91 Å². The first-order valence-electron chi connectivity index (χ1n) is 13.4. The molecule has 1 aromatic rings. The number of likely N-dealkylation sites (N-methyl/N-ethyl adjacent to an activating group) is 1. The van der Waals surface area contributed by atoms with E-state index in [1.807, 2.05) is 20.8 Å². The highest BCUT2D eigenvalue weighted by atomic mass is 16.5. The molecule has 1 fully saturated rings. The first-order valence-corrected chi connectivity index (χ1v) is 13.4. The van der Waals surface area contributed by atoms with E-state index >= 15 is 0 Å². The third-order valence-electron chi connectivity index (χ3n) is 7.08. The van der Waals surface area contributed by atoms with Crippen LogP contribution in [0.5, 0.6) is 5.75 Å². The lowest BCUT2D eigenvalue weighted by Gasteiger charge is -2.38. The minimum absolute atomic E-state index is 0.00565. The van der Waals surface area contributed by atoms with E-state index < -0.39 is 12.1 Å². The zero-order chi connectivity index (χ0) is 27.1. The number of hydrogen-bond donors (Lipinski definition) is 4. The van der Waals surface area contributed by atoms with Gasteiger partial charge in [-0.05, 0) is 51.8 Å². The van der Waals surface area contributed by atoms with E-state index in [0.717, 1.165) is 25.7 Å². The Bertz CT molecular complexity index is 949. The molecule has 206 valence electrons. The number of hydrogen-bond acceptors (Lipinski definition) is 5. The monoisotopic (exact) mass is 517 g/mol. The normalized spacial score (nSPS) is 21.3. The van der Waals surface area contributed by atoms with Crippen molar-refractivity contribution in [3.8, 4) is 5.75 Å². The van der Waals surface area contributed by atoms with Gasteiger partial charge in [0.2, 0.25) is 0 Å². The molecule has 10 nitrogen and oxygen atoms in total. The molecule has 2 aliphatic rings. The number of anilines is 1. The maximum Gasteiger partial charge on any atom is 0.319 e. The van der Waals surface area contributed by atoms with Crippen LogP contribution in [0.15, 0.2) is 18.2 Å². The van der Waals surface area contributed by atoms with Crippen molar-refractivity contribution >= 4 is 23.7 Å². The van der Waals surface area contributed by atoms with Crippen molar-refractivity contribution < 1.29 is 24.2 Å². The second kappa shape index (κ2) is 13.0. The van der Waals surface area contributed by atoms with Crippen molar-refractivity contribution in [2.24, 2.45) is 5.92 Å². The van der Waals surface area contributed by atoms with Crippen LogP contribution >= 0.6 is 0 Å². The molecule has 4 N–H and O–H groups in total. The van der Waals surface area contributed by atoms with Gasteiger partial charge in [-0.25, -0.2) is 9.59 Å². The molecule has 1 aliphatic heterocycles. The standard InChI is InChI=1S/C27H43N5O5/c1-17(2)28-27(36)31(5)15-24-18(3)14-32(19(4)16-33)25(34)22-13-21(11-12-23(22)37-24)30-26(35)29-20-9-7-6-8-10-20/h11-13,17-20,24,33H,6-10,14-16H2,1-5H3,(H,28,36)(H2,29,30,35)/t18-,19+,24-/m0/s1. The van der Waals surface area contributed by atoms with Crippen LogP contribution < -0.4 is 20.7 Å². The topological polar surface area (TPSA) is 123 Å². The number of ether oxygens (including phenoxy) is 1. The third-order valence-corrected chi connectivity index (χ3v) is 7.08. The molecular weight excluding hydrogens is 474 g/mol. The molecule has 1 saturated carbocycles. The summed E-state index contributed by atoms with van der Waals surface area (Å²) in [6.07, 6.45) is 4.98. The van der Waals surface area contributed by atoms with Gasteiger partial charge in [-0.1, -0.05) is 26.2 Å². The summed E-state index contributed by atoms with van der Waals surface area (Å²) in [6.45, 7) is 8.05.